The van der Waals surface area contributed by atoms with Gasteiger partial charge in [0.2, 0.25) is 23.6 Å². The van der Waals surface area contributed by atoms with Crippen LogP contribution in [0.4, 0.5) is 5.69 Å². The molecule has 1 fully saturated rings. The third-order valence-electron chi connectivity index (χ3n) is 7.73. The predicted molar refractivity (Wildman–Crippen MR) is 163 cm³/mol. The van der Waals surface area contributed by atoms with Crippen molar-refractivity contribution in [3.8, 4) is 0 Å². The van der Waals surface area contributed by atoms with Crippen LogP contribution in [-0.2, 0) is 30.4 Å². The van der Waals surface area contributed by atoms with Gasteiger partial charge >= 0.3 is 5.97 Å². The summed E-state index contributed by atoms with van der Waals surface area (Å²) in [6.45, 7) is 5.77. The number of amides is 4. The Balaban J connectivity index is 1.78. The number of nitrogens with zero attached hydrogens (tertiary/aromatic N) is 1. The van der Waals surface area contributed by atoms with Crippen LogP contribution in [-0.4, -0.2) is 64.3 Å². The third kappa shape index (κ3) is 12.2. The van der Waals surface area contributed by atoms with Crippen LogP contribution < -0.4 is 16.0 Å². The van der Waals surface area contributed by atoms with Crippen LogP contribution in [0.5, 0.6) is 0 Å². The van der Waals surface area contributed by atoms with Crippen molar-refractivity contribution in [3.05, 3.63) is 29.8 Å². The molecule has 0 radical (unpaired) electrons. The van der Waals surface area contributed by atoms with E-state index < -0.39 is 30.0 Å². The molecule has 42 heavy (non-hydrogen) atoms. The number of aryl methyl sites for hydroxylation is 1. The van der Waals surface area contributed by atoms with Crippen LogP contribution in [0.1, 0.15) is 110 Å². The predicted octanol–water partition coefficient (Wildman–Crippen LogP) is 4.56. The summed E-state index contributed by atoms with van der Waals surface area (Å²) >= 11 is 0. The summed E-state index contributed by atoms with van der Waals surface area (Å²) in [5, 5.41) is 17.3. The summed E-state index contributed by atoms with van der Waals surface area (Å²) in [5.41, 5.74) is 1.23. The topological polar surface area (TPSA) is 145 Å². The number of unbranched alkanes of at least 4 members (excludes halogenated alkanes) is 8. The highest BCUT2D eigenvalue weighted by Gasteiger charge is 2.36. The highest BCUT2D eigenvalue weighted by molar-refractivity contribution is 5.99. The van der Waals surface area contributed by atoms with Gasteiger partial charge in [0.15, 0.2) is 0 Å². The van der Waals surface area contributed by atoms with Crippen LogP contribution in [0.3, 0.4) is 0 Å². The van der Waals surface area contributed by atoms with Crippen LogP contribution in [0.2, 0.25) is 0 Å². The normalized spacial score (nSPS) is 16.0. The minimum atomic E-state index is -0.924. The van der Waals surface area contributed by atoms with Crippen molar-refractivity contribution in [2.24, 2.45) is 0 Å². The number of benzene rings is 1. The smallest absolute Gasteiger partial charge is 0.303 e. The number of rotatable bonds is 19. The van der Waals surface area contributed by atoms with Crippen LogP contribution in [0.15, 0.2) is 24.3 Å². The second-order valence-electron chi connectivity index (χ2n) is 11.3. The van der Waals surface area contributed by atoms with Crippen molar-refractivity contribution in [3.63, 3.8) is 0 Å². The van der Waals surface area contributed by atoms with Gasteiger partial charge in [0, 0.05) is 25.1 Å². The van der Waals surface area contributed by atoms with E-state index >= 15 is 0 Å². The number of carboxylic acid groups (broad SMARTS) is 1. The lowest BCUT2D eigenvalue weighted by molar-refractivity contribution is -0.140. The lowest BCUT2D eigenvalue weighted by Gasteiger charge is -2.28. The molecule has 1 aliphatic rings. The molecule has 1 aliphatic heterocycles. The van der Waals surface area contributed by atoms with Gasteiger partial charge in [-0.2, -0.15) is 0 Å². The van der Waals surface area contributed by atoms with Gasteiger partial charge in [0.1, 0.15) is 18.1 Å². The number of hydrogen-bond acceptors (Lipinski definition) is 5. The number of carboxylic acids is 1. The number of aliphatic carboxylic acids is 1. The van der Waals surface area contributed by atoms with E-state index in [1.54, 1.807) is 38.1 Å². The summed E-state index contributed by atoms with van der Waals surface area (Å²) in [4.78, 5) is 63.9. The molecule has 1 aromatic rings. The summed E-state index contributed by atoms with van der Waals surface area (Å²) < 4.78 is 0. The monoisotopic (exact) mass is 586 g/mol. The zero-order chi connectivity index (χ0) is 30.9. The van der Waals surface area contributed by atoms with Crippen molar-refractivity contribution >= 4 is 35.3 Å². The number of carbonyl (C=O) groups excluding carboxylic acids is 4. The Morgan fingerprint density at radius 1 is 0.881 bits per heavy atom. The summed E-state index contributed by atoms with van der Waals surface area (Å²) in [7, 11) is 0. The molecular formula is C32H50N4O6. The van der Waals surface area contributed by atoms with Gasteiger partial charge in [-0.15, -0.1) is 0 Å². The van der Waals surface area contributed by atoms with Crippen LogP contribution in [0, 0.1) is 0 Å². The van der Waals surface area contributed by atoms with Crippen molar-refractivity contribution in [1.82, 2.24) is 15.5 Å². The van der Waals surface area contributed by atoms with Gasteiger partial charge < -0.3 is 26.0 Å². The first-order chi connectivity index (χ1) is 20.1. The fourth-order valence-corrected chi connectivity index (χ4v) is 5.25. The van der Waals surface area contributed by atoms with Crippen molar-refractivity contribution < 1.29 is 29.1 Å². The first-order valence-electron chi connectivity index (χ1n) is 15.6. The average Bonchev–Trinajstić information content (AvgIpc) is 3.45. The Bertz CT molecular complexity index is 1050. The summed E-state index contributed by atoms with van der Waals surface area (Å²) in [6.07, 6.45) is 12.1. The van der Waals surface area contributed by atoms with E-state index in [0.717, 1.165) is 19.3 Å². The number of anilines is 1. The quantitative estimate of drug-likeness (QED) is 0.175. The molecule has 3 atom stereocenters. The lowest BCUT2D eigenvalue weighted by Crippen LogP contribution is -2.54. The van der Waals surface area contributed by atoms with Crippen molar-refractivity contribution in [1.29, 1.82) is 0 Å². The Labute approximate surface area is 250 Å². The molecule has 10 nitrogen and oxygen atoms in total. The molecule has 2 rings (SSSR count). The molecule has 0 aromatic heterocycles. The molecule has 1 heterocycles. The molecule has 10 heteroatoms. The van der Waals surface area contributed by atoms with Gasteiger partial charge in [-0.3, -0.25) is 24.0 Å². The lowest BCUT2D eigenvalue weighted by atomic mass is 10.1. The molecule has 4 amide bonds. The minimum Gasteiger partial charge on any atom is -0.481 e. The Hall–Kier alpha value is -3.43. The van der Waals surface area contributed by atoms with Gasteiger partial charge in [0.05, 0.1) is 0 Å². The molecule has 0 aliphatic carbocycles. The molecule has 1 saturated heterocycles. The number of hydrogen-bond donors (Lipinski definition) is 4. The van der Waals surface area contributed by atoms with E-state index in [0.29, 0.717) is 37.1 Å². The van der Waals surface area contributed by atoms with Crippen LogP contribution >= 0.6 is 0 Å². The zero-order valence-corrected chi connectivity index (χ0v) is 25.6. The average molecular weight is 587 g/mol. The Morgan fingerprint density at radius 3 is 2.19 bits per heavy atom. The summed E-state index contributed by atoms with van der Waals surface area (Å²) in [5.74, 6) is -2.27. The first-order valence-corrected chi connectivity index (χ1v) is 15.6. The van der Waals surface area contributed by atoms with E-state index in [-0.39, 0.29) is 30.6 Å². The summed E-state index contributed by atoms with van der Waals surface area (Å²) in [6, 6.07) is 4.66. The van der Waals surface area contributed by atoms with E-state index in [2.05, 4.69) is 22.9 Å². The fourth-order valence-electron chi connectivity index (χ4n) is 5.25. The molecule has 0 saturated carbocycles. The number of likely N-dealkylation sites (tertiary alicyclic amines) is 1. The molecule has 234 valence electrons. The molecule has 3 unspecified atom stereocenters. The Morgan fingerprint density at radius 2 is 1.52 bits per heavy atom. The standard InChI is InChI=1S/C32H50N4O6/c1-4-5-6-7-8-9-10-11-12-19-28(37)33-23(2)30(40)34-24(3)32(42)36-22-15-18-27(36)31(41)35-26-17-14-13-16-25(26)20-21-29(38)39/h13-14,16-17,23-24,27H,4-12,15,18-22H2,1-3H3,(H,33,37)(H,34,40)(H,35,41)(H,38,39). The maximum absolute atomic E-state index is 13.2. The van der Waals surface area contributed by atoms with E-state index in [4.69, 9.17) is 5.11 Å². The first kappa shape index (κ1) is 34.8. The van der Waals surface area contributed by atoms with Crippen molar-refractivity contribution in [2.45, 2.75) is 129 Å². The van der Waals surface area contributed by atoms with E-state index in [1.807, 2.05) is 0 Å². The van der Waals surface area contributed by atoms with Crippen molar-refractivity contribution in [2.75, 3.05) is 11.9 Å². The number of nitrogens with one attached hydrogen (secondary N) is 3. The SMILES string of the molecule is CCCCCCCCCCCC(=O)NC(C)C(=O)NC(C)C(=O)N1CCCC1C(=O)Nc1ccccc1CCC(=O)O. The van der Waals surface area contributed by atoms with Crippen LogP contribution in [0.25, 0.3) is 0 Å². The third-order valence-corrected chi connectivity index (χ3v) is 7.73. The molecular weight excluding hydrogens is 536 g/mol. The molecule has 4 N–H and O–H groups in total. The fraction of sp³-hybridized carbons (Fsp3) is 0.656. The van der Waals surface area contributed by atoms with Gasteiger partial charge in [0.25, 0.3) is 0 Å². The van der Waals surface area contributed by atoms with Gasteiger partial charge in [-0.1, -0.05) is 76.5 Å². The van der Waals surface area contributed by atoms with E-state index in [1.165, 1.54) is 43.4 Å². The number of carbonyl (C=O) groups is 5. The second kappa shape index (κ2) is 18.9. The van der Waals surface area contributed by atoms with E-state index in [9.17, 15) is 24.0 Å². The molecule has 1 aromatic carbocycles. The molecule has 0 bridgehead atoms. The Kier molecular flexibility index (Phi) is 15.6. The maximum atomic E-state index is 13.2. The number of para-hydroxylation sites is 1. The van der Waals surface area contributed by atoms with Gasteiger partial charge in [-0.05, 0) is 51.2 Å². The highest BCUT2D eigenvalue weighted by atomic mass is 16.4. The maximum Gasteiger partial charge on any atom is 0.303 e. The zero-order valence-electron chi connectivity index (χ0n) is 25.6. The van der Waals surface area contributed by atoms with Gasteiger partial charge in [-0.25, -0.2) is 0 Å². The highest BCUT2D eigenvalue weighted by Crippen LogP contribution is 2.23. The second-order valence-corrected chi connectivity index (χ2v) is 11.3. The molecule has 0 spiro atoms. The largest absolute Gasteiger partial charge is 0.481 e. The minimum absolute atomic E-state index is 0.0593.